The maximum absolute atomic E-state index is 9.32. The second-order valence-electron chi connectivity index (χ2n) is 6.78. The molecule has 0 saturated heterocycles. The van der Waals surface area contributed by atoms with Crippen LogP contribution in [0.5, 0.6) is 0 Å². The molecule has 8 nitrogen and oxygen atoms in total. The van der Waals surface area contributed by atoms with Crippen LogP contribution in [-0.4, -0.2) is 29.4 Å². The zero-order chi connectivity index (χ0) is 18.4. The number of rotatable bonds is 4. The van der Waals surface area contributed by atoms with Crippen molar-refractivity contribution in [1.29, 1.82) is 5.26 Å². The van der Waals surface area contributed by atoms with Crippen LogP contribution in [0.1, 0.15) is 18.4 Å². The van der Waals surface area contributed by atoms with E-state index in [2.05, 4.69) is 31.6 Å². The molecule has 1 aromatic carbocycles. The van der Waals surface area contributed by atoms with Crippen LogP contribution >= 0.6 is 0 Å². The van der Waals surface area contributed by atoms with Crippen molar-refractivity contribution >= 4 is 17.3 Å². The normalized spacial score (nSPS) is 14.8. The van der Waals surface area contributed by atoms with Gasteiger partial charge in [-0.2, -0.15) is 15.3 Å². The number of hydrogen-bond acceptors (Lipinski definition) is 6. The summed E-state index contributed by atoms with van der Waals surface area (Å²) < 4.78 is 3.42. The fraction of sp³-hybridized carbons (Fsp3) is 0.211. The standard InChI is InChI=1S/C19H16N8/c1-26-11-13(10-22-26)16-17-24-18(25-27(17)9-8-21-16)23-15-4-2-14(3-5-15)19(12-20)6-7-19/h2-5,8-11H,6-7H2,1H3,(H,23,25). The van der Waals surface area contributed by atoms with Crippen LogP contribution in [0, 0.1) is 11.3 Å². The van der Waals surface area contributed by atoms with E-state index < -0.39 is 0 Å². The van der Waals surface area contributed by atoms with Crippen molar-refractivity contribution in [3.8, 4) is 17.3 Å². The van der Waals surface area contributed by atoms with E-state index in [4.69, 9.17) is 0 Å². The lowest BCUT2D eigenvalue weighted by atomic mass is 9.98. The van der Waals surface area contributed by atoms with E-state index in [0.717, 1.165) is 35.3 Å². The lowest BCUT2D eigenvalue weighted by molar-refractivity contribution is 0.768. The molecule has 1 fully saturated rings. The molecule has 0 atom stereocenters. The molecule has 0 radical (unpaired) electrons. The van der Waals surface area contributed by atoms with Gasteiger partial charge in [0.25, 0.3) is 0 Å². The minimum Gasteiger partial charge on any atom is -0.323 e. The predicted molar refractivity (Wildman–Crippen MR) is 99.2 cm³/mol. The van der Waals surface area contributed by atoms with Gasteiger partial charge in [0.15, 0.2) is 5.65 Å². The summed E-state index contributed by atoms with van der Waals surface area (Å²) in [6.45, 7) is 0. The van der Waals surface area contributed by atoms with Crippen LogP contribution in [0.2, 0.25) is 0 Å². The second-order valence-corrected chi connectivity index (χ2v) is 6.78. The third-order valence-corrected chi connectivity index (χ3v) is 4.89. The van der Waals surface area contributed by atoms with Gasteiger partial charge in [-0.1, -0.05) is 12.1 Å². The Morgan fingerprint density at radius 1 is 1.22 bits per heavy atom. The number of aryl methyl sites for hydroxylation is 1. The molecule has 5 rings (SSSR count). The van der Waals surface area contributed by atoms with Gasteiger partial charge < -0.3 is 5.32 Å². The number of nitrogens with one attached hydrogen (secondary N) is 1. The van der Waals surface area contributed by atoms with E-state index in [0.29, 0.717) is 11.6 Å². The molecule has 0 bridgehead atoms. The van der Waals surface area contributed by atoms with Crippen molar-refractivity contribution in [2.45, 2.75) is 18.3 Å². The fourth-order valence-electron chi connectivity index (χ4n) is 3.21. The fourth-order valence-corrected chi connectivity index (χ4v) is 3.21. The molecule has 132 valence electrons. The van der Waals surface area contributed by atoms with Crippen molar-refractivity contribution in [1.82, 2.24) is 29.4 Å². The van der Waals surface area contributed by atoms with E-state index in [1.54, 1.807) is 27.8 Å². The maximum atomic E-state index is 9.32. The SMILES string of the molecule is Cn1cc(-c2nccn3nc(Nc4ccc(C5(C#N)CC5)cc4)nc23)cn1. The molecule has 0 unspecified atom stereocenters. The summed E-state index contributed by atoms with van der Waals surface area (Å²) in [6, 6.07) is 10.3. The molecule has 3 aromatic heterocycles. The number of nitriles is 1. The minimum atomic E-state index is -0.274. The first-order chi connectivity index (χ1) is 13.2. The summed E-state index contributed by atoms with van der Waals surface area (Å²) in [5.41, 5.74) is 3.94. The van der Waals surface area contributed by atoms with Gasteiger partial charge >= 0.3 is 0 Å². The second kappa shape index (κ2) is 5.64. The number of hydrogen-bond donors (Lipinski definition) is 1. The molecule has 1 N–H and O–H groups in total. The van der Waals surface area contributed by atoms with Gasteiger partial charge in [-0.3, -0.25) is 9.67 Å². The first-order valence-electron chi connectivity index (χ1n) is 8.66. The number of anilines is 2. The average Bonchev–Trinajstić information content (AvgIpc) is 3.19. The number of benzene rings is 1. The summed E-state index contributed by atoms with van der Waals surface area (Å²) in [6.07, 6.45) is 8.99. The first-order valence-corrected chi connectivity index (χ1v) is 8.66. The summed E-state index contributed by atoms with van der Waals surface area (Å²) in [4.78, 5) is 9.01. The third-order valence-electron chi connectivity index (χ3n) is 4.89. The van der Waals surface area contributed by atoms with Gasteiger partial charge in [-0.15, -0.1) is 5.10 Å². The van der Waals surface area contributed by atoms with Gasteiger partial charge in [0.2, 0.25) is 5.95 Å². The van der Waals surface area contributed by atoms with Crippen molar-refractivity contribution in [2.75, 3.05) is 5.32 Å². The molecular weight excluding hydrogens is 340 g/mol. The molecule has 27 heavy (non-hydrogen) atoms. The largest absolute Gasteiger partial charge is 0.323 e. The molecule has 0 amide bonds. The summed E-state index contributed by atoms with van der Waals surface area (Å²) >= 11 is 0. The lowest BCUT2D eigenvalue weighted by Gasteiger charge is -2.07. The zero-order valence-electron chi connectivity index (χ0n) is 14.7. The Kier molecular flexibility index (Phi) is 3.24. The van der Waals surface area contributed by atoms with Crippen LogP contribution in [0.25, 0.3) is 16.9 Å². The Labute approximate surface area is 155 Å². The van der Waals surface area contributed by atoms with Crippen LogP contribution in [-0.2, 0) is 12.5 Å². The van der Waals surface area contributed by atoms with Crippen LogP contribution < -0.4 is 5.32 Å². The molecule has 4 aromatic rings. The molecule has 1 aliphatic rings. The van der Waals surface area contributed by atoms with Gasteiger partial charge in [-0.05, 0) is 30.5 Å². The topological polar surface area (TPSA) is 96.7 Å². The van der Waals surface area contributed by atoms with Crippen molar-refractivity contribution in [2.24, 2.45) is 7.05 Å². The monoisotopic (exact) mass is 356 g/mol. The van der Waals surface area contributed by atoms with Gasteiger partial charge in [0.05, 0.1) is 17.7 Å². The molecule has 0 aliphatic heterocycles. The zero-order valence-corrected chi connectivity index (χ0v) is 14.7. The predicted octanol–water partition coefficient (Wildman–Crippen LogP) is 2.82. The quantitative estimate of drug-likeness (QED) is 0.604. The number of aromatic nitrogens is 6. The summed E-state index contributed by atoms with van der Waals surface area (Å²) in [5, 5.41) is 21.2. The van der Waals surface area contributed by atoms with Crippen LogP contribution in [0.15, 0.2) is 49.1 Å². The molecule has 0 spiro atoms. The van der Waals surface area contributed by atoms with E-state index in [9.17, 15) is 5.26 Å². The smallest absolute Gasteiger partial charge is 0.247 e. The first kappa shape index (κ1) is 15.5. The highest BCUT2D eigenvalue weighted by atomic mass is 15.4. The highest BCUT2D eigenvalue weighted by Crippen LogP contribution is 2.47. The van der Waals surface area contributed by atoms with Crippen molar-refractivity contribution in [3.63, 3.8) is 0 Å². The van der Waals surface area contributed by atoms with E-state index >= 15 is 0 Å². The van der Waals surface area contributed by atoms with Crippen LogP contribution in [0.3, 0.4) is 0 Å². The third kappa shape index (κ3) is 2.60. The summed E-state index contributed by atoms with van der Waals surface area (Å²) in [5.74, 6) is 0.488. The minimum absolute atomic E-state index is 0.274. The maximum Gasteiger partial charge on any atom is 0.247 e. The highest BCUT2D eigenvalue weighted by Gasteiger charge is 2.44. The van der Waals surface area contributed by atoms with E-state index in [1.807, 2.05) is 37.5 Å². The van der Waals surface area contributed by atoms with E-state index in [-0.39, 0.29) is 5.41 Å². The Morgan fingerprint density at radius 3 is 2.70 bits per heavy atom. The highest BCUT2D eigenvalue weighted by molar-refractivity contribution is 5.73. The molecular formula is C19H16N8. The number of fused-ring (bicyclic) bond motifs is 1. The summed E-state index contributed by atoms with van der Waals surface area (Å²) in [7, 11) is 1.86. The van der Waals surface area contributed by atoms with E-state index in [1.165, 1.54) is 0 Å². The Bertz CT molecular complexity index is 1170. The Morgan fingerprint density at radius 2 is 2.04 bits per heavy atom. The lowest BCUT2D eigenvalue weighted by Crippen LogP contribution is -2.02. The number of nitrogens with zero attached hydrogens (tertiary/aromatic N) is 7. The van der Waals surface area contributed by atoms with Crippen molar-refractivity contribution < 1.29 is 0 Å². The van der Waals surface area contributed by atoms with Gasteiger partial charge in [-0.25, -0.2) is 4.52 Å². The van der Waals surface area contributed by atoms with Crippen LogP contribution in [0.4, 0.5) is 11.6 Å². The van der Waals surface area contributed by atoms with Gasteiger partial charge in [0.1, 0.15) is 5.69 Å². The van der Waals surface area contributed by atoms with Gasteiger partial charge in [0, 0.05) is 36.9 Å². The molecule has 1 aliphatic carbocycles. The Balaban J connectivity index is 1.45. The molecule has 1 saturated carbocycles. The molecule has 3 heterocycles. The molecule has 8 heteroatoms. The average molecular weight is 356 g/mol. The van der Waals surface area contributed by atoms with Crippen molar-refractivity contribution in [3.05, 3.63) is 54.6 Å². The Hall–Kier alpha value is -3.73.